The Hall–Kier alpha value is -2.26. The number of halogens is 4. The maximum absolute atomic E-state index is 13.0. The van der Waals surface area contributed by atoms with E-state index < -0.39 is 17.0 Å². The Bertz CT molecular complexity index is 978. The number of rotatable bonds is 6. The molecule has 0 aliphatic heterocycles. The first kappa shape index (κ1) is 20.5. The van der Waals surface area contributed by atoms with Crippen LogP contribution in [0, 0.1) is 0 Å². The second-order valence-corrected chi connectivity index (χ2v) is 7.75. The molecular formula is C18H16ClF3N4OS. The number of alkyl halides is 3. The van der Waals surface area contributed by atoms with Crippen LogP contribution in [0.25, 0.3) is 5.65 Å². The van der Waals surface area contributed by atoms with Crippen molar-refractivity contribution in [2.45, 2.75) is 29.9 Å². The van der Waals surface area contributed by atoms with Crippen LogP contribution >= 0.6 is 23.4 Å². The Morgan fingerprint density at radius 3 is 2.68 bits per heavy atom. The number of fused-ring (bicyclic) bond motifs is 1. The van der Waals surface area contributed by atoms with E-state index in [4.69, 9.17) is 11.6 Å². The summed E-state index contributed by atoms with van der Waals surface area (Å²) in [4.78, 5) is 12.3. The van der Waals surface area contributed by atoms with Gasteiger partial charge in [-0.05, 0) is 25.0 Å². The van der Waals surface area contributed by atoms with Gasteiger partial charge in [-0.2, -0.15) is 13.2 Å². The molecule has 0 spiro atoms. The van der Waals surface area contributed by atoms with Crippen LogP contribution in [0.2, 0.25) is 5.02 Å². The monoisotopic (exact) mass is 428 g/mol. The van der Waals surface area contributed by atoms with Gasteiger partial charge in [-0.3, -0.25) is 9.20 Å². The molecule has 0 radical (unpaired) electrons. The molecule has 10 heteroatoms. The van der Waals surface area contributed by atoms with E-state index in [2.05, 4.69) is 15.5 Å². The Morgan fingerprint density at radius 1 is 1.29 bits per heavy atom. The van der Waals surface area contributed by atoms with Crippen LogP contribution in [0.4, 0.5) is 13.2 Å². The van der Waals surface area contributed by atoms with Gasteiger partial charge in [-0.1, -0.05) is 53.7 Å². The predicted octanol–water partition coefficient (Wildman–Crippen LogP) is 4.24. The molecule has 0 aliphatic carbocycles. The van der Waals surface area contributed by atoms with Crippen LogP contribution in [0.5, 0.6) is 0 Å². The average Bonchev–Trinajstić information content (AvgIpc) is 3.05. The van der Waals surface area contributed by atoms with Crippen LogP contribution in [0.3, 0.4) is 0 Å². The molecule has 1 unspecified atom stereocenters. The van der Waals surface area contributed by atoms with Crippen molar-refractivity contribution in [2.75, 3.05) is 6.54 Å². The van der Waals surface area contributed by atoms with Crippen molar-refractivity contribution < 1.29 is 18.0 Å². The number of benzene rings is 1. The van der Waals surface area contributed by atoms with Crippen molar-refractivity contribution in [3.05, 3.63) is 58.7 Å². The first-order valence-corrected chi connectivity index (χ1v) is 9.61. The first-order chi connectivity index (χ1) is 13.3. The number of hydrogen-bond acceptors (Lipinski definition) is 4. The predicted molar refractivity (Wildman–Crippen MR) is 101 cm³/mol. The zero-order chi connectivity index (χ0) is 20.3. The van der Waals surface area contributed by atoms with Gasteiger partial charge >= 0.3 is 6.18 Å². The Kier molecular flexibility index (Phi) is 6.14. The summed E-state index contributed by atoms with van der Waals surface area (Å²) >= 11 is 6.91. The molecule has 0 bridgehead atoms. The summed E-state index contributed by atoms with van der Waals surface area (Å²) in [5.41, 5.74) is 0.293. The van der Waals surface area contributed by atoms with Gasteiger partial charge < -0.3 is 5.32 Å². The fourth-order valence-corrected chi connectivity index (χ4v) is 3.59. The van der Waals surface area contributed by atoms with Gasteiger partial charge in [-0.25, -0.2) is 0 Å². The van der Waals surface area contributed by atoms with Crippen molar-refractivity contribution in [1.82, 2.24) is 19.9 Å². The summed E-state index contributed by atoms with van der Waals surface area (Å²) in [5.74, 6) is -0.240. The average molecular weight is 429 g/mol. The fourth-order valence-electron chi connectivity index (χ4n) is 2.50. The van der Waals surface area contributed by atoms with Gasteiger partial charge in [0.15, 0.2) is 10.8 Å². The van der Waals surface area contributed by atoms with Gasteiger partial charge in [0.2, 0.25) is 5.91 Å². The van der Waals surface area contributed by atoms with Crippen molar-refractivity contribution in [3.63, 3.8) is 0 Å². The van der Waals surface area contributed by atoms with E-state index >= 15 is 0 Å². The van der Waals surface area contributed by atoms with Crippen molar-refractivity contribution in [2.24, 2.45) is 0 Å². The number of carbonyl (C=O) groups excluding carboxylic acids is 1. The normalized spacial score (nSPS) is 12.9. The zero-order valence-electron chi connectivity index (χ0n) is 14.7. The molecule has 3 aromatic rings. The van der Waals surface area contributed by atoms with Crippen molar-refractivity contribution in [3.8, 4) is 0 Å². The topological polar surface area (TPSA) is 59.3 Å². The van der Waals surface area contributed by atoms with E-state index in [1.54, 1.807) is 6.92 Å². The lowest BCUT2D eigenvalue weighted by Gasteiger charge is -2.12. The smallest absolute Gasteiger partial charge is 0.355 e. The molecule has 28 heavy (non-hydrogen) atoms. The lowest BCUT2D eigenvalue weighted by molar-refractivity contribution is -0.137. The minimum Gasteiger partial charge on any atom is -0.355 e. The van der Waals surface area contributed by atoms with E-state index in [-0.39, 0.29) is 21.7 Å². The Morgan fingerprint density at radius 2 is 2.00 bits per heavy atom. The Labute approximate surface area is 168 Å². The van der Waals surface area contributed by atoms with Crippen LogP contribution in [-0.2, 0) is 17.4 Å². The van der Waals surface area contributed by atoms with Gasteiger partial charge in [0, 0.05) is 12.7 Å². The highest BCUT2D eigenvalue weighted by Gasteiger charge is 2.32. The van der Waals surface area contributed by atoms with E-state index in [0.717, 1.165) is 34.0 Å². The second-order valence-electron chi connectivity index (χ2n) is 6.04. The molecule has 2 heterocycles. The van der Waals surface area contributed by atoms with E-state index in [1.165, 1.54) is 0 Å². The molecule has 1 atom stereocenters. The molecule has 3 rings (SSSR count). The van der Waals surface area contributed by atoms with Gasteiger partial charge in [0.05, 0.1) is 15.8 Å². The number of nitrogens with zero attached hydrogens (tertiary/aromatic N) is 3. The van der Waals surface area contributed by atoms with Gasteiger partial charge in [-0.15, -0.1) is 10.2 Å². The fraction of sp³-hybridized carbons (Fsp3) is 0.278. The summed E-state index contributed by atoms with van der Waals surface area (Å²) in [5, 5.41) is 9.94. The summed E-state index contributed by atoms with van der Waals surface area (Å²) in [6.45, 7) is 2.11. The number of nitrogens with one attached hydrogen (secondary N) is 1. The second kappa shape index (κ2) is 8.40. The standard InChI is InChI=1S/C18H16ClF3N4OS/c1-11(16(27)23-8-7-12-5-3-2-4-6-12)28-17-25-24-15-14(19)9-13(10-26(15)17)18(20,21)22/h2-6,9-11H,7-8H2,1H3,(H,23,27). The zero-order valence-corrected chi connectivity index (χ0v) is 16.3. The van der Waals surface area contributed by atoms with Crippen LogP contribution < -0.4 is 5.32 Å². The SMILES string of the molecule is CC(Sc1nnc2c(Cl)cc(C(F)(F)F)cn12)C(=O)NCCc1ccccc1. The van der Waals surface area contributed by atoms with E-state index in [1.807, 2.05) is 30.3 Å². The van der Waals surface area contributed by atoms with Crippen molar-refractivity contribution >= 4 is 34.9 Å². The molecule has 0 saturated heterocycles. The largest absolute Gasteiger partial charge is 0.417 e. The molecular weight excluding hydrogens is 413 g/mol. The lowest BCUT2D eigenvalue weighted by atomic mass is 10.1. The van der Waals surface area contributed by atoms with E-state index in [0.29, 0.717) is 13.0 Å². The van der Waals surface area contributed by atoms with Crippen LogP contribution in [0.1, 0.15) is 18.1 Å². The summed E-state index contributed by atoms with van der Waals surface area (Å²) in [7, 11) is 0. The molecule has 148 valence electrons. The molecule has 2 aromatic heterocycles. The van der Waals surface area contributed by atoms with Gasteiger partial charge in [0.25, 0.3) is 0 Å². The molecule has 1 aromatic carbocycles. The maximum atomic E-state index is 13.0. The molecule has 0 saturated carbocycles. The molecule has 1 amide bonds. The highest BCUT2D eigenvalue weighted by Crippen LogP contribution is 2.33. The number of aromatic nitrogens is 3. The number of thioether (sulfide) groups is 1. The van der Waals surface area contributed by atoms with Gasteiger partial charge in [0.1, 0.15) is 0 Å². The first-order valence-electron chi connectivity index (χ1n) is 8.35. The number of amides is 1. The number of hydrogen-bond donors (Lipinski definition) is 1. The number of carbonyl (C=O) groups is 1. The minimum atomic E-state index is -4.55. The Balaban J connectivity index is 1.67. The third kappa shape index (κ3) is 4.77. The highest BCUT2D eigenvalue weighted by molar-refractivity contribution is 8.00. The van der Waals surface area contributed by atoms with Crippen LogP contribution in [0.15, 0.2) is 47.8 Å². The van der Waals surface area contributed by atoms with E-state index in [9.17, 15) is 18.0 Å². The third-order valence-corrected chi connectivity index (χ3v) is 5.30. The van der Waals surface area contributed by atoms with Crippen molar-refractivity contribution in [1.29, 1.82) is 0 Å². The molecule has 0 aliphatic rings. The third-order valence-electron chi connectivity index (χ3n) is 3.96. The molecule has 5 nitrogen and oxygen atoms in total. The highest BCUT2D eigenvalue weighted by atomic mass is 35.5. The molecule has 1 N–H and O–H groups in total. The quantitative estimate of drug-likeness (QED) is 0.596. The number of pyridine rings is 1. The van der Waals surface area contributed by atoms with Crippen LogP contribution in [-0.4, -0.2) is 32.3 Å². The summed E-state index contributed by atoms with van der Waals surface area (Å²) in [6, 6.07) is 10.5. The summed E-state index contributed by atoms with van der Waals surface area (Å²) in [6.07, 6.45) is -2.99. The lowest BCUT2D eigenvalue weighted by Crippen LogP contribution is -2.32. The minimum absolute atomic E-state index is 0.105. The molecule has 0 fully saturated rings. The maximum Gasteiger partial charge on any atom is 0.417 e. The summed E-state index contributed by atoms with van der Waals surface area (Å²) < 4.78 is 40.2.